The molecule has 4 fully saturated rings. The number of benzene rings is 1. The summed E-state index contributed by atoms with van der Waals surface area (Å²) >= 11 is 0. The fourth-order valence-electron chi connectivity index (χ4n) is 8.56. The lowest BCUT2D eigenvalue weighted by Crippen LogP contribution is -2.44. The summed E-state index contributed by atoms with van der Waals surface area (Å²) in [6.07, 6.45) is 18.1. The lowest BCUT2D eigenvalue weighted by atomic mass is 9.56. The molecule has 4 aliphatic carbocycles. The minimum atomic E-state index is 0.425. The standard InChI is InChI=1S/C26H38/c1-26(20-13-5-6-14-20,19-11-3-2-4-12-19)25-23-17-9-7-15-21(23)22-16-8-10-18-24(22)25/h2-4,11-12,20-25H,5-10,13-18H2,1H3/t21?,22?,23?,24?,25?,26-/m1/s1. The molecule has 0 N–H and O–H groups in total. The summed E-state index contributed by atoms with van der Waals surface area (Å²) in [6.45, 7) is 2.73. The molecule has 0 heterocycles. The largest absolute Gasteiger partial charge is 0.0622 e. The third-order valence-electron chi connectivity index (χ3n) is 9.51. The van der Waals surface area contributed by atoms with Gasteiger partial charge in [-0.25, -0.2) is 0 Å². The zero-order valence-corrected chi connectivity index (χ0v) is 16.8. The third kappa shape index (κ3) is 2.61. The van der Waals surface area contributed by atoms with E-state index in [1.54, 1.807) is 18.4 Å². The van der Waals surface area contributed by atoms with Gasteiger partial charge in [0.25, 0.3) is 0 Å². The maximum absolute atomic E-state index is 2.73. The van der Waals surface area contributed by atoms with E-state index in [0.29, 0.717) is 5.41 Å². The van der Waals surface area contributed by atoms with E-state index in [1.165, 1.54) is 64.2 Å². The smallest absolute Gasteiger partial charge is 0.00133 e. The topological polar surface area (TPSA) is 0 Å². The molecule has 1 aromatic carbocycles. The van der Waals surface area contributed by atoms with Gasteiger partial charge in [0.15, 0.2) is 0 Å². The van der Waals surface area contributed by atoms with Crippen LogP contribution in [0, 0.1) is 35.5 Å². The molecule has 5 atom stereocenters. The summed E-state index contributed by atoms with van der Waals surface area (Å²) in [6, 6.07) is 11.8. The maximum atomic E-state index is 2.73. The Morgan fingerprint density at radius 1 is 0.615 bits per heavy atom. The van der Waals surface area contributed by atoms with Crippen molar-refractivity contribution in [2.45, 2.75) is 89.4 Å². The summed E-state index contributed by atoms with van der Waals surface area (Å²) in [5.41, 5.74) is 2.11. The van der Waals surface area contributed by atoms with Crippen molar-refractivity contribution >= 4 is 0 Å². The molecule has 26 heavy (non-hydrogen) atoms. The van der Waals surface area contributed by atoms with Crippen molar-refractivity contribution < 1.29 is 0 Å². The van der Waals surface area contributed by atoms with Gasteiger partial charge >= 0.3 is 0 Å². The van der Waals surface area contributed by atoms with Crippen LogP contribution in [0.5, 0.6) is 0 Å². The molecule has 4 aliphatic rings. The normalized spacial score (nSPS) is 40.0. The van der Waals surface area contributed by atoms with Crippen LogP contribution in [-0.4, -0.2) is 0 Å². The molecule has 0 aliphatic heterocycles. The van der Waals surface area contributed by atoms with Crippen molar-refractivity contribution in [2.75, 3.05) is 0 Å². The quantitative estimate of drug-likeness (QED) is 0.533. The van der Waals surface area contributed by atoms with Crippen LogP contribution in [0.15, 0.2) is 30.3 Å². The molecule has 0 spiro atoms. The van der Waals surface area contributed by atoms with Crippen LogP contribution in [0.25, 0.3) is 0 Å². The van der Waals surface area contributed by atoms with Crippen LogP contribution < -0.4 is 0 Å². The lowest BCUT2D eigenvalue weighted by molar-refractivity contribution is 0.0810. The summed E-state index contributed by atoms with van der Waals surface area (Å²) < 4.78 is 0. The highest BCUT2D eigenvalue weighted by Crippen LogP contribution is 2.64. The summed E-state index contributed by atoms with van der Waals surface area (Å²) in [5, 5.41) is 0. The molecule has 0 nitrogen and oxygen atoms in total. The second-order valence-corrected chi connectivity index (χ2v) is 10.4. The van der Waals surface area contributed by atoms with Crippen molar-refractivity contribution in [3.05, 3.63) is 35.9 Å². The SMILES string of the molecule is C[C@@](c1ccccc1)(C1CCCC1)C1C2CCCCC2C2CCCCC21. The fourth-order valence-corrected chi connectivity index (χ4v) is 8.56. The van der Waals surface area contributed by atoms with Gasteiger partial charge in [0.2, 0.25) is 0 Å². The van der Waals surface area contributed by atoms with Gasteiger partial charge in [-0.05, 0) is 85.0 Å². The predicted molar refractivity (Wildman–Crippen MR) is 110 cm³/mol. The Kier molecular flexibility index (Phi) is 4.66. The summed E-state index contributed by atoms with van der Waals surface area (Å²) in [4.78, 5) is 0. The Morgan fingerprint density at radius 3 is 1.62 bits per heavy atom. The Bertz CT molecular complexity index is 576. The average Bonchev–Trinajstić information content (AvgIpc) is 3.35. The first-order valence-corrected chi connectivity index (χ1v) is 11.9. The minimum Gasteiger partial charge on any atom is -0.0622 e. The lowest BCUT2D eigenvalue weighted by Gasteiger charge is -2.48. The van der Waals surface area contributed by atoms with Gasteiger partial charge in [-0.3, -0.25) is 0 Å². The molecule has 4 unspecified atom stereocenters. The summed E-state index contributed by atoms with van der Waals surface area (Å²) in [7, 11) is 0. The Balaban J connectivity index is 1.60. The zero-order valence-electron chi connectivity index (χ0n) is 16.8. The van der Waals surface area contributed by atoms with Crippen LogP contribution in [-0.2, 0) is 5.41 Å². The molecule has 4 saturated carbocycles. The van der Waals surface area contributed by atoms with Crippen LogP contribution in [0.1, 0.15) is 89.5 Å². The van der Waals surface area contributed by atoms with E-state index in [2.05, 4.69) is 37.3 Å². The Labute approximate surface area is 161 Å². The van der Waals surface area contributed by atoms with Gasteiger partial charge < -0.3 is 0 Å². The third-order valence-corrected chi connectivity index (χ3v) is 9.51. The van der Waals surface area contributed by atoms with Gasteiger partial charge in [0, 0.05) is 0 Å². The van der Waals surface area contributed by atoms with E-state index in [9.17, 15) is 0 Å². The zero-order chi connectivity index (χ0) is 17.6. The number of fused-ring (bicyclic) bond motifs is 3. The van der Waals surface area contributed by atoms with Crippen molar-refractivity contribution in [1.29, 1.82) is 0 Å². The van der Waals surface area contributed by atoms with E-state index in [-0.39, 0.29) is 0 Å². The molecule has 0 aromatic heterocycles. The van der Waals surface area contributed by atoms with Gasteiger partial charge in [-0.15, -0.1) is 0 Å². The number of hydrogen-bond acceptors (Lipinski definition) is 0. The van der Waals surface area contributed by atoms with Crippen molar-refractivity contribution in [3.63, 3.8) is 0 Å². The molecular weight excluding hydrogens is 312 g/mol. The predicted octanol–water partition coefficient (Wildman–Crippen LogP) is 7.38. The van der Waals surface area contributed by atoms with E-state index in [1.807, 2.05) is 0 Å². The molecule has 0 radical (unpaired) electrons. The van der Waals surface area contributed by atoms with Gasteiger partial charge in [0.05, 0.1) is 0 Å². The van der Waals surface area contributed by atoms with Crippen molar-refractivity contribution in [2.24, 2.45) is 35.5 Å². The van der Waals surface area contributed by atoms with Crippen LogP contribution in [0.4, 0.5) is 0 Å². The van der Waals surface area contributed by atoms with Gasteiger partial charge in [-0.2, -0.15) is 0 Å². The van der Waals surface area contributed by atoms with E-state index in [0.717, 1.165) is 35.5 Å². The average molecular weight is 351 g/mol. The van der Waals surface area contributed by atoms with Crippen molar-refractivity contribution in [3.8, 4) is 0 Å². The highest BCUT2D eigenvalue weighted by molar-refractivity contribution is 5.29. The first-order chi connectivity index (χ1) is 12.8. The molecule has 0 amide bonds. The second-order valence-electron chi connectivity index (χ2n) is 10.4. The molecule has 0 heteroatoms. The van der Waals surface area contributed by atoms with Gasteiger partial charge in [0.1, 0.15) is 0 Å². The summed E-state index contributed by atoms with van der Waals surface area (Å²) in [5.74, 6) is 6.10. The Hall–Kier alpha value is -0.780. The molecule has 142 valence electrons. The van der Waals surface area contributed by atoms with Crippen LogP contribution in [0.2, 0.25) is 0 Å². The van der Waals surface area contributed by atoms with E-state index in [4.69, 9.17) is 0 Å². The highest BCUT2D eigenvalue weighted by atomic mass is 14.6. The number of hydrogen-bond donors (Lipinski definition) is 0. The molecule has 5 rings (SSSR count). The second kappa shape index (κ2) is 6.99. The highest BCUT2D eigenvalue weighted by Gasteiger charge is 2.58. The molecule has 0 bridgehead atoms. The van der Waals surface area contributed by atoms with Gasteiger partial charge in [-0.1, -0.05) is 75.8 Å². The first-order valence-electron chi connectivity index (χ1n) is 11.9. The Morgan fingerprint density at radius 2 is 1.08 bits per heavy atom. The molecule has 1 aromatic rings. The van der Waals surface area contributed by atoms with Crippen LogP contribution >= 0.6 is 0 Å². The molecular formula is C26H38. The fraction of sp³-hybridized carbons (Fsp3) is 0.769. The molecule has 0 saturated heterocycles. The maximum Gasteiger partial charge on any atom is -0.00133 e. The minimum absolute atomic E-state index is 0.425. The first kappa shape index (κ1) is 17.3. The van der Waals surface area contributed by atoms with Crippen molar-refractivity contribution in [1.82, 2.24) is 0 Å². The monoisotopic (exact) mass is 350 g/mol. The number of rotatable bonds is 3. The van der Waals surface area contributed by atoms with Crippen LogP contribution in [0.3, 0.4) is 0 Å². The van der Waals surface area contributed by atoms with E-state index >= 15 is 0 Å². The van der Waals surface area contributed by atoms with E-state index < -0.39 is 0 Å².